The van der Waals surface area contributed by atoms with Crippen molar-refractivity contribution in [3.8, 4) is 0 Å². The normalized spacial score (nSPS) is 13.9. The van der Waals surface area contributed by atoms with Crippen LogP contribution in [0.15, 0.2) is 35.3 Å². The average molecular weight is 436 g/mol. The number of rotatable bonds is 7. The Morgan fingerprint density at radius 1 is 0.862 bits per heavy atom. The van der Waals surface area contributed by atoms with Gasteiger partial charge in [-0.25, -0.2) is 4.99 Å². The van der Waals surface area contributed by atoms with Gasteiger partial charge in [-0.1, -0.05) is 71.9 Å². The minimum atomic E-state index is -2.14. The Morgan fingerprint density at radius 3 is 1.83 bits per heavy atom. The highest BCUT2D eigenvalue weighted by molar-refractivity contribution is 6.76. The third kappa shape index (κ3) is 8.09. The molecule has 0 heterocycles. The van der Waals surface area contributed by atoms with Gasteiger partial charge < -0.3 is 8.85 Å². The fourth-order valence-electron chi connectivity index (χ4n) is 2.13. The molecule has 29 heavy (non-hydrogen) atoms. The van der Waals surface area contributed by atoms with E-state index in [-0.39, 0.29) is 22.6 Å². The number of aliphatic imine (C=N–C) groups is 1. The molecule has 0 aliphatic rings. The van der Waals surface area contributed by atoms with E-state index in [9.17, 15) is 4.79 Å². The maximum Gasteiger partial charge on any atom is 0.314 e. The Hall–Kier alpha value is -1.41. The summed E-state index contributed by atoms with van der Waals surface area (Å²) in [6, 6.07) is 10.3. The van der Waals surface area contributed by atoms with Crippen molar-refractivity contribution < 1.29 is 13.6 Å². The summed E-state index contributed by atoms with van der Waals surface area (Å²) >= 11 is 0. The summed E-state index contributed by atoms with van der Waals surface area (Å²) < 4.78 is 12.3. The van der Waals surface area contributed by atoms with Crippen molar-refractivity contribution in [2.24, 2.45) is 4.99 Å². The van der Waals surface area contributed by atoms with Crippen LogP contribution in [-0.2, 0) is 20.1 Å². The molecule has 0 aliphatic carbocycles. The van der Waals surface area contributed by atoms with E-state index in [0.29, 0.717) is 12.3 Å². The van der Waals surface area contributed by atoms with Gasteiger partial charge in [0.05, 0.1) is 0 Å². The van der Waals surface area contributed by atoms with Gasteiger partial charge in [0, 0.05) is 6.42 Å². The Morgan fingerprint density at radius 2 is 1.34 bits per heavy atom. The largest absolute Gasteiger partial charge is 0.534 e. The zero-order chi connectivity index (χ0) is 22.5. The van der Waals surface area contributed by atoms with Crippen molar-refractivity contribution in [1.82, 2.24) is 0 Å². The molecule has 0 aromatic heterocycles. The molecule has 164 valence electrons. The maximum atomic E-state index is 12.5. The van der Waals surface area contributed by atoms with Crippen LogP contribution in [0.4, 0.5) is 0 Å². The van der Waals surface area contributed by atoms with Gasteiger partial charge in [-0.2, -0.15) is 0 Å². The van der Waals surface area contributed by atoms with Gasteiger partial charge in [-0.15, -0.1) is 0 Å². The lowest BCUT2D eigenvalue weighted by Gasteiger charge is -2.37. The molecule has 0 saturated heterocycles. The fraction of sp³-hybridized carbons (Fsp3) is 0.652. The molecule has 0 radical (unpaired) electrons. The molecule has 0 saturated carbocycles. The molecule has 1 rings (SSSR count). The van der Waals surface area contributed by atoms with Gasteiger partial charge in [0.2, 0.25) is 0 Å². The Bertz CT molecular complexity index is 699. The first-order valence-corrected chi connectivity index (χ1v) is 16.3. The first-order chi connectivity index (χ1) is 13.1. The lowest BCUT2D eigenvalue weighted by Crippen LogP contribution is -2.44. The van der Waals surface area contributed by atoms with E-state index in [2.05, 4.69) is 84.9 Å². The lowest BCUT2D eigenvalue weighted by atomic mass is 10.1. The van der Waals surface area contributed by atoms with Crippen LogP contribution in [0.5, 0.6) is 0 Å². The molecule has 1 aromatic rings. The first kappa shape index (κ1) is 25.6. The SMILES string of the molecule is CC(C)(C)[Si](C)(C)OC(=O)CN=C(CCc1ccccc1)O[Si](C)(C)C(C)(C)C. The van der Waals surface area contributed by atoms with E-state index in [1.54, 1.807) is 0 Å². The smallest absolute Gasteiger partial charge is 0.314 e. The topological polar surface area (TPSA) is 47.9 Å². The van der Waals surface area contributed by atoms with E-state index in [4.69, 9.17) is 8.85 Å². The standard InChI is InChI=1S/C23H41NO3Si2/c1-22(2,3)28(7,8)26-20(17-16-19-14-12-11-13-15-19)24-18-21(25)27-29(9,10)23(4,5)6/h11-15H,16-18H2,1-10H3. The van der Waals surface area contributed by atoms with Gasteiger partial charge in [-0.3, -0.25) is 4.79 Å². The number of hydrogen-bond donors (Lipinski definition) is 0. The highest BCUT2D eigenvalue weighted by Gasteiger charge is 2.41. The highest BCUT2D eigenvalue weighted by atomic mass is 28.4. The molecule has 0 fully saturated rings. The average Bonchev–Trinajstić information content (AvgIpc) is 2.55. The second kappa shape index (κ2) is 9.60. The Kier molecular flexibility index (Phi) is 8.49. The monoisotopic (exact) mass is 435 g/mol. The third-order valence-electron chi connectivity index (χ3n) is 6.21. The summed E-state index contributed by atoms with van der Waals surface area (Å²) in [5.74, 6) is 0.417. The number of carbonyl (C=O) groups is 1. The predicted molar refractivity (Wildman–Crippen MR) is 129 cm³/mol. The second-order valence-corrected chi connectivity index (χ2v) is 20.2. The van der Waals surface area contributed by atoms with Crippen LogP contribution in [-0.4, -0.2) is 35.0 Å². The molecule has 0 amide bonds. The van der Waals surface area contributed by atoms with Gasteiger partial charge >= 0.3 is 5.97 Å². The third-order valence-corrected chi connectivity index (χ3v) is 14.9. The van der Waals surface area contributed by atoms with Crippen molar-refractivity contribution in [1.29, 1.82) is 0 Å². The van der Waals surface area contributed by atoms with Gasteiger partial charge in [-0.05, 0) is 48.2 Å². The first-order valence-electron chi connectivity index (χ1n) is 10.5. The zero-order valence-electron chi connectivity index (χ0n) is 20.2. The molecule has 0 spiro atoms. The molecule has 4 nitrogen and oxygen atoms in total. The van der Waals surface area contributed by atoms with E-state index < -0.39 is 16.6 Å². The summed E-state index contributed by atoms with van der Waals surface area (Å²) in [5, 5.41) is 0.0579. The molecule has 0 unspecified atom stereocenters. The van der Waals surface area contributed by atoms with Crippen LogP contribution >= 0.6 is 0 Å². The van der Waals surface area contributed by atoms with Crippen LogP contribution in [0, 0.1) is 0 Å². The number of carbonyl (C=O) groups excluding carboxylic acids is 1. The van der Waals surface area contributed by atoms with Crippen molar-refractivity contribution >= 4 is 28.5 Å². The van der Waals surface area contributed by atoms with Crippen molar-refractivity contribution in [3.05, 3.63) is 35.9 Å². The van der Waals surface area contributed by atoms with Crippen LogP contribution in [0.25, 0.3) is 0 Å². The number of nitrogens with zero attached hydrogens (tertiary/aromatic N) is 1. The van der Waals surface area contributed by atoms with Crippen LogP contribution in [0.1, 0.15) is 53.5 Å². The number of hydrogen-bond acceptors (Lipinski definition) is 4. The Balaban J connectivity index is 2.93. The second-order valence-electron chi connectivity index (χ2n) is 10.8. The van der Waals surface area contributed by atoms with Crippen LogP contribution in [0.3, 0.4) is 0 Å². The molecule has 0 N–H and O–H groups in total. The number of aryl methyl sites for hydroxylation is 1. The summed E-state index contributed by atoms with van der Waals surface area (Å²) in [6.45, 7) is 21.6. The van der Waals surface area contributed by atoms with Crippen LogP contribution in [0.2, 0.25) is 36.3 Å². The summed E-state index contributed by atoms with van der Waals surface area (Å²) in [6.07, 6.45) is 1.52. The van der Waals surface area contributed by atoms with Gasteiger partial charge in [0.1, 0.15) is 6.54 Å². The molecule has 1 aromatic carbocycles. The number of benzene rings is 1. The molecule has 0 bridgehead atoms. The van der Waals surface area contributed by atoms with E-state index in [1.807, 2.05) is 18.2 Å². The van der Waals surface area contributed by atoms with Gasteiger partial charge in [0.25, 0.3) is 16.6 Å². The summed E-state index contributed by atoms with van der Waals surface area (Å²) in [7, 11) is -4.17. The van der Waals surface area contributed by atoms with E-state index in [1.165, 1.54) is 5.56 Å². The molecular formula is C23H41NO3Si2. The lowest BCUT2D eigenvalue weighted by molar-refractivity contribution is -0.133. The molecule has 0 atom stereocenters. The quantitative estimate of drug-likeness (QED) is 0.276. The van der Waals surface area contributed by atoms with Crippen molar-refractivity contribution in [2.75, 3.05) is 6.54 Å². The zero-order valence-corrected chi connectivity index (χ0v) is 22.2. The van der Waals surface area contributed by atoms with E-state index >= 15 is 0 Å². The van der Waals surface area contributed by atoms with Gasteiger partial charge in [0.15, 0.2) is 5.90 Å². The Labute approximate surface area is 180 Å². The van der Waals surface area contributed by atoms with Crippen molar-refractivity contribution in [2.45, 2.75) is 90.6 Å². The minimum absolute atomic E-state index is 0.0137. The van der Waals surface area contributed by atoms with Crippen LogP contribution < -0.4 is 0 Å². The summed E-state index contributed by atoms with van der Waals surface area (Å²) in [4.78, 5) is 17.1. The van der Waals surface area contributed by atoms with Crippen molar-refractivity contribution in [3.63, 3.8) is 0 Å². The molecular weight excluding hydrogens is 394 g/mol. The maximum absolute atomic E-state index is 12.5. The summed E-state index contributed by atoms with van der Waals surface area (Å²) in [5.41, 5.74) is 1.24. The fourth-order valence-corrected chi connectivity index (χ4v) is 4.13. The molecule has 0 aliphatic heterocycles. The highest BCUT2D eigenvalue weighted by Crippen LogP contribution is 2.37. The minimum Gasteiger partial charge on any atom is -0.534 e. The molecule has 6 heteroatoms. The van der Waals surface area contributed by atoms with E-state index in [0.717, 1.165) is 6.42 Å². The predicted octanol–water partition coefficient (Wildman–Crippen LogP) is 6.59.